The number of aromatic nitrogens is 3. The van der Waals surface area contributed by atoms with Gasteiger partial charge in [0.1, 0.15) is 12.2 Å². The summed E-state index contributed by atoms with van der Waals surface area (Å²) in [5.74, 6) is 7.13. The van der Waals surface area contributed by atoms with Gasteiger partial charge in [-0.2, -0.15) is 5.10 Å². The fraction of sp³-hybridized carbons (Fsp3) is 0.818. The van der Waals surface area contributed by atoms with Crippen molar-refractivity contribution >= 4 is 0 Å². The largest absolute Gasteiger partial charge is 0.376 e. The van der Waals surface area contributed by atoms with Crippen LogP contribution in [-0.4, -0.2) is 33.5 Å². The van der Waals surface area contributed by atoms with E-state index in [-0.39, 0.29) is 12.1 Å². The third-order valence-electron chi connectivity index (χ3n) is 3.45. The van der Waals surface area contributed by atoms with Crippen LogP contribution in [0.5, 0.6) is 0 Å². The van der Waals surface area contributed by atoms with Crippen molar-refractivity contribution in [3.8, 4) is 0 Å². The first-order chi connectivity index (χ1) is 8.26. The number of hydrogen-bond donors (Lipinski definition) is 2. The molecule has 3 unspecified atom stereocenters. The smallest absolute Gasteiger partial charge is 0.138 e. The monoisotopic (exact) mass is 239 g/mol. The Morgan fingerprint density at radius 2 is 2.53 bits per heavy atom. The van der Waals surface area contributed by atoms with E-state index in [1.165, 1.54) is 0 Å². The van der Waals surface area contributed by atoms with E-state index in [0.717, 1.165) is 31.8 Å². The minimum Gasteiger partial charge on any atom is -0.376 e. The molecule has 3 N–H and O–H groups in total. The summed E-state index contributed by atoms with van der Waals surface area (Å²) in [5.41, 5.74) is 2.86. The molecular formula is C11H21N5O. The van der Waals surface area contributed by atoms with Gasteiger partial charge in [-0.3, -0.25) is 16.0 Å². The van der Waals surface area contributed by atoms with Gasteiger partial charge in [0, 0.05) is 19.6 Å². The Kier molecular flexibility index (Phi) is 4.09. The van der Waals surface area contributed by atoms with Crippen molar-refractivity contribution in [3.05, 3.63) is 12.2 Å². The van der Waals surface area contributed by atoms with Crippen molar-refractivity contribution in [2.24, 2.45) is 11.8 Å². The van der Waals surface area contributed by atoms with Crippen molar-refractivity contribution in [3.63, 3.8) is 0 Å². The van der Waals surface area contributed by atoms with E-state index >= 15 is 0 Å². The number of hydrogen-bond acceptors (Lipinski definition) is 5. The fourth-order valence-electron chi connectivity index (χ4n) is 2.41. The van der Waals surface area contributed by atoms with Crippen molar-refractivity contribution in [1.29, 1.82) is 0 Å². The minimum atomic E-state index is 0.0991. The normalized spacial score (nSPS) is 26.3. The second-order valence-electron chi connectivity index (χ2n) is 4.57. The average molecular weight is 239 g/mol. The summed E-state index contributed by atoms with van der Waals surface area (Å²) in [5, 5.41) is 4.16. The molecule has 0 saturated carbocycles. The zero-order chi connectivity index (χ0) is 12.3. The lowest BCUT2D eigenvalue weighted by Gasteiger charge is -2.25. The van der Waals surface area contributed by atoms with Crippen molar-refractivity contribution in [2.75, 3.05) is 6.61 Å². The van der Waals surface area contributed by atoms with E-state index < -0.39 is 0 Å². The predicted molar refractivity (Wildman–Crippen MR) is 64.0 cm³/mol. The Labute approximate surface area is 102 Å². The molecule has 0 amide bonds. The molecule has 0 aliphatic carbocycles. The summed E-state index contributed by atoms with van der Waals surface area (Å²) in [6.45, 7) is 5.91. The molecule has 1 aromatic heterocycles. The summed E-state index contributed by atoms with van der Waals surface area (Å²) >= 11 is 0. The van der Waals surface area contributed by atoms with Gasteiger partial charge < -0.3 is 4.74 Å². The number of nitrogens with zero attached hydrogens (tertiary/aromatic N) is 3. The van der Waals surface area contributed by atoms with Crippen LogP contribution < -0.4 is 11.3 Å². The molecular weight excluding hydrogens is 218 g/mol. The molecule has 1 aliphatic rings. The van der Waals surface area contributed by atoms with E-state index in [9.17, 15) is 0 Å². The number of hydrazine groups is 1. The molecule has 3 atom stereocenters. The van der Waals surface area contributed by atoms with Crippen LogP contribution in [-0.2, 0) is 17.7 Å². The van der Waals surface area contributed by atoms with E-state index in [1.54, 1.807) is 6.33 Å². The number of nitrogens with two attached hydrogens (primary N) is 1. The lowest BCUT2D eigenvalue weighted by Crippen LogP contribution is -2.47. The molecule has 96 valence electrons. The molecule has 2 heterocycles. The molecule has 0 spiro atoms. The van der Waals surface area contributed by atoms with Crippen LogP contribution in [0.15, 0.2) is 6.33 Å². The molecule has 1 saturated heterocycles. The molecule has 6 nitrogen and oxygen atoms in total. The van der Waals surface area contributed by atoms with Crippen LogP contribution in [0, 0.1) is 5.92 Å². The van der Waals surface area contributed by atoms with Gasteiger partial charge in [0.25, 0.3) is 0 Å². The fourth-order valence-corrected chi connectivity index (χ4v) is 2.41. The van der Waals surface area contributed by atoms with Crippen molar-refractivity contribution in [1.82, 2.24) is 20.2 Å². The summed E-state index contributed by atoms with van der Waals surface area (Å²) in [4.78, 5) is 4.27. The maximum atomic E-state index is 5.74. The lowest BCUT2D eigenvalue weighted by atomic mass is 9.96. The van der Waals surface area contributed by atoms with Crippen molar-refractivity contribution in [2.45, 2.75) is 45.4 Å². The van der Waals surface area contributed by atoms with Crippen LogP contribution in [0.2, 0.25) is 0 Å². The highest BCUT2D eigenvalue weighted by molar-refractivity contribution is 4.94. The summed E-state index contributed by atoms with van der Waals surface area (Å²) in [6, 6.07) is 0.0991. The summed E-state index contributed by atoms with van der Waals surface area (Å²) < 4.78 is 7.63. The van der Waals surface area contributed by atoms with Crippen LogP contribution in [0.3, 0.4) is 0 Å². The molecule has 2 rings (SSSR count). The van der Waals surface area contributed by atoms with Crippen LogP contribution in [0.4, 0.5) is 0 Å². The van der Waals surface area contributed by atoms with E-state index in [4.69, 9.17) is 10.6 Å². The van der Waals surface area contributed by atoms with Crippen LogP contribution in [0.25, 0.3) is 0 Å². The number of ether oxygens (including phenoxy) is 1. The van der Waals surface area contributed by atoms with Crippen LogP contribution >= 0.6 is 0 Å². The third-order valence-corrected chi connectivity index (χ3v) is 3.45. The van der Waals surface area contributed by atoms with Gasteiger partial charge in [0.15, 0.2) is 0 Å². The van der Waals surface area contributed by atoms with E-state index in [1.807, 2.05) is 4.68 Å². The first-order valence-corrected chi connectivity index (χ1v) is 6.20. The zero-order valence-corrected chi connectivity index (χ0v) is 10.5. The summed E-state index contributed by atoms with van der Waals surface area (Å²) in [7, 11) is 0. The predicted octanol–water partition coefficient (Wildman–Crippen LogP) is 0.0974. The zero-order valence-electron chi connectivity index (χ0n) is 10.5. The van der Waals surface area contributed by atoms with Gasteiger partial charge in [-0.15, -0.1) is 0 Å². The first kappa shape index (κ1) is 12.5. The quantitative estimate of drug-likeness (QED) is 0.563. The highest BCUT2D eigenvalue weighted by atomic mass is 16.5. The number of nitrogens with one attached hydrogen (secondary N) is 1. The lowest BCUT2D eigenvalue weighted by molar-refractivity contribution is 0.0601. The second-order valence-corrected chi connectivity index (χ2v) is 4.57. The molecule has 6 heteroatoms. The standard InChI is InChI=1S/C11H21N5O/c1-3-16-10(13-7-14-16)6-9(15-12)11-8(2)4-5-17-11/h7-9,11,15H,3-6,12H2,1-2H3. The Morgan fingerprint density at radius 1 is 1.71 bits per heavy atom. The second kappa shape index (κ2) is 5.57. The minimum absolute atomic E-state index is 0.0991. The molecule has 17 heavy (non-hydrogen) atoms. The maximum absolute atomic E-state index is 5.74. The van der Waals surface area contributed by atoms with Gasteiger partial charge in [-0.25, -0.2) is 4.98 Å². The van der Waals surface area contributed by atoms with Gasteiger partial charge in [0.05, 0.1) is 12.1 Å². The molecule has 1 aliphatic heterocycles. The topological polar surface area (TPSA) is 78.0 Å². The first-order valence-electron chi connectivity index (χ1n) is 6.20. The Hall–Kier alpha value is -0.980. The van der Waals surface area contributed by atoms with E-state index in [2.05, 4.69) is 29.4 Å². The van der Waals surface area contributed by atoms with Gasteiger partial charge in [-0.05, 0) is 19.3 Å². The molecule has 0 bridgehead atoms. The molecule has 0 aromatic carbocycles. The molecule has 1 aromatic rings. The third kappa shape index (κ3) is 2.65. The van der Waals surface area contributed by atoms with Gasteiger partial charge in [-0.1, -0.05) is 6.92 Å². The maximum Gasteiger partial charge on any atom is 0.138 e. The summed E-state index contributed by atoms with van der Waals surface area (Å²) in [6.07, 6.45) is 3.61. The molecule has 0 radical (unpaired) electrons. The highest BCUT2D eigenvalue weighted by Crippen LogP contribution is 2.24. The van der Waals surface area contributed by atoms with E-state index in [0.29, 0.717) is 5.92 Å². The number of rotatable bonds is 5. The molecule has 1 fully saturated rings. The Morgan fingerprint density at radius 3 is 3.12 bits per heavy atom. The van der Waals surface area contributed by atoms with Gasteiger partial charge in [0.2, 0.25) is 0 Å². The van der Waals surface area contributed by atoms with Crippen molar-refractivity contribution < 1.29 is 4.74 Å². The SMILES string of the molecule is CCn1ncnc1CC(NN)C1OCCC1C. The van der Waals surface area contributed by atoms with Gasteiger partial charge >= 0.3 is 0 Å². The van der Waals surface area contributed by atoms with Crippen LogP contribution in [0.1, 0.15) is 26.1 Å². The highest BCUT2D eigenvalue weighted by Gasteiger charge is 2.32. The number of aryl methyl sites for hydroxylation is 1. The average Bonchev–Trinajstić information content (AvgIpc) is 2.94. The Bertz CT molecular complexity index is 353. The Balaban J connectivity index is 2.04.